The third-order valence-electron chi connectivity index (χ3n) is 3.46. The van der Waals surface area contributed by atoms with Gasteiger partial charge in [0, 0.05) is 5.56 Å². The van der Waals surface area contributed by atoms with Crippen LogP contribution < -0.4 is 16.0 Å². The normalized spacial score (nSPS) is 11.0. The number of rotatable bonds is 4. The highest BCUT2D eigenvalue weighted by Gasteiger charge is 2.19. The molecule has 1 heterocycles. The molecule has 0 radical (unpaired) electrons. The van der Waals surface area contributed by atoms with Gasteiger partial charge in [-0.15, -0.1) is 0 Å². The highest BCUT2D eigenvalue weighted by atomic mass is 16.6. The van der Waals surface area contributed by atoms with Gasteiger partial charge in [-0.25, -0.2) is 4.79 Å². The van der Waals surface area contributed by atoms with Crippen LogP contribution in [0.4, 0.5) is 5.82 Å². The van der Waals surface area contributed by atoms with E-state index < -0.39 is 17.6 Å². The van der Waals surface area contributed by atoms with E-state index in [9.17, 15) is 20.1 Å². The maximum Gasteiger partial charge on any atom is 0.346 e. The molecule has 3 N–H and O–H groups in total. The van der Waals surface area contributed by atoms with Crippen LogP contribution in [0.2, 0.25) is 0 Å². The molecule has 0 fully saturated rings. The Morgan fingerprint density at radius 2 is 1.80 bits per heavy atom. The highest BCUT2D eigenvalue weighted by Crippen LogP contribution is 2.29. The number of anilines is 1. The summed E-state index contributed by atoms with van der Waals surface area (Å²) in [5, 5.41) is 18.5. The number of nitrogen functional groups attached to an aromatic ring is 1. The summed E-state index contributed by atoms with van der Waals surface area (Å²) in [6.45, 7) is 1.54. The quantitative estimate of drug-likeness (QED) is 0.800. The van der Waals surface area contributed by atoms with Crippen LogP contribution in [0, 0.1) is 22.7 Å². The van der Waals surface area contributed by atoms with Gasteiger partial charge in [0.1, 0.15) is 34.8 Å². The second-order valence-electron chi connectivity index (χ2n) is 5.02. The molecule has 0 amide bonds. The van der Waals surface area contributed by atoms with Crippen LogP contribution in [0.25, 0.3) is 11.1 Å². The molecule has 25 heavy (non-hydrogen) atoms. The Balaban J connectivity index is 2.48. The number of aromatic amines is 1. The number of benzene rings is 1. The molecular weight excluding hydrogens is 324 g/mol. The number of nitrogens with two attached hydrogens (primary N) is 1. The zero-order valence-corrected chi connectivity index (χ0v) is 13.5. The highest BCUT2D eigenvalue weighted by molar-refractivity contribution is 5.80. The maximum atomic E-state index is 11.9. The summed E-state index contributed by atoms with van der Waals surface area (Å²) >= 11 is 0. The van der Waals surface area contributed by atoms with E-state index in [2.05, 4.69) is 9.72 Å². The average Bonchev–Trinajstić information content (AvgIpc) is 2.61. The van der Waals surface area contributed by atoms with Gasteiger partial charge in [-0.3, -0.25) is 4.79 Å². The minimum Gasteiger partial charge on any atom is -0.479 e. The van der Waals surface area contributed by atoms with Gasteiger partial charge in [-0.2, -0.15) is 10.5 Å². The molecule has 2 aromatic rings. The third kappa shape index (κ3) is 3.43. The van der Waals surface area contributed by atoms with Gasteiger partial charge in [-0.1, -0.05) is 12.1 Å². The van der Waals surface area contributed by atoms with E-state index in [1.807, 2.05) is 6.07 Å². The molecule has 0 saturated heterocycles. The summed E-state index contributed by atoms with van der Waals surface area (Å²) < 4.78 is 10.00. The van der Waals surface area contributed by atoms with Gasteiger partial charge < -0.3 is 20.2 Å². The molecule has 0 aliphatic carbocycles. The van der Waals surface area contributed by atoms with Crippen molar-refractivity contribution in [3.8, 4) is 29.0 Å². The molecule has 126 valence electrons. The predicted octanol–water partition coefficient (Wildman–Crippen LogP) is 1.31. The predicted molar refractivity (Wildman–Crippen MR) is 88.4 cm³/mol. The number of esters is 1. The van der Waals surface area contributed by atoms with Crippen LogP contribution in [0.15, 0.2) is 29.1 Å². The first-order chi connectivity index (χ1) is 11.9. The van der Waals surface area contributed by atoms with Gasteiger partial charge in [0.25, 0.3) is 5.56 Å². The van der Waals surface area contributed by atoms with E-state index in [-0.39, 0.29) is 22.5 Å². The van der Waals surface area contributed by atoms with E-state index >= 15 is 0 Å². The summed E-state index contributed by atoms with van der Waals surface area (Å²) in [5.41, 5.74) is 5.40. The average molecular weight is 338 g/mol. The van der Waals surface area contributed by atoms with Crippen LogP contribution in [0.3, 0.4) is 0 Å². The van der Waals surface area contributed by atoms with Gasteiger partial charge >= 0.3 is 5.97 Å². The Hall–Kier alpha value is -3.78. The van der Waals surface area contributed by atoms with Gasteiger partial charge in [-0.05, 0) is 24.6 Å². The van der Waals surface area contributed by atoms with Crippen molar-refractivity contribution in [2.24, 2.45) is 0 Å². The number of hydrogen-bond donors (Lipinski definition) is 2. The number of pyridine rings is 1. The second kappa shape index (κ2) is 7.20. The number of aromatic nitrogens is 1. The molecule has 0 saturated carbocycles. The van der Waals surface area contributed by atoms with Crippen molar-refractivity contribution in [3.05, 3.63) is 45.7 Å². The lowest BCUT2D eigenvalue weighted by Gasteiger charge is -2.13. The van der Waals surface area contributed by atoms with E-state index in [4.69, 9.17) is 10.5 Å². The lowest BCUT2D eigenvalue weighted by molar-refractivity contribution is -0.147. The van der Waals surface area contributed by atoms with Crippen LogP contribution in [-0.2, 0) is 9.53 Å². The Bertz CT molecular complexity index is 949. The molecule has 0 aliphatic rings. The van der Waals surface area contributed by atoms with Crippen molar-refractivity contribution in [1.82, 2.24) is 4.98 Å². The molecule has 8 nitrogen and oxygen atoms in total. The molecule has 1 aromatic carbocycles. The number of hydrogen-bond acceptors (Lipinski definition) is 7. The van der Waals surface area contributed by atoms with Crippen molar-refractivity contribution in [3.63, 3.8) is 0 Å². The van der Waals surface area contributed by atoms with Crippen LogP contribution in [0.5, 0.6) is 5.75 Å². The first kappa shape index (κ1) is 17.6. The number of carbonyl (C=O) groups excluding carboxylic acids is 1. The summed E-state index contributed by atoms with van der Waals surface area (Å²) in [6, 6.07) is 9.92. The summed E-state index contributed by atoms with van der Waals surface area (Å²) in [4.78, 5) is 25.6. The molecule has 1 unspecified atom stereocenters. The van der Waals surface area contributed by atoms with Crippen LogP contribution in [0.1, 0.15) is 18.1 Å². The first-order valence-corrected chi connectivity index (χ1v) is 7.13. The van der Waals surface area contributed by atoms with Gasteiger partial charge in [0.15, 0.2) is 6.10 Å². The van der Waals surface area contributed by atoms with Crippen molar-refractivity contribution < 1.29 is 14.3 Å². The summed E-state index contributed by atoms with van der Waals surface area (Å²) in [7, 11) is 1.26. The summed E-state index contributed by atoms with van der Waals surface area (Å²) in [5.74, 6) is -0.248. The van der Waals surface area contributed by atoms with Crippen LogP contribution in [-0.4, -0.2) is 24.2 Å². The lowest BCUT2D eigenvalue weighted by atomic mass is 9.96. The lowest BCUT2D eigenvalue weighted by Crippen LogP contribution is -2.24. The Labute approximate surface area is 143 Å². The van der Waals surface area contributed by atoms with Crippen molar-refractivity contribution in [2.45, 2.75) is 13.0 Å². The largest absolute Gasteiger partial charge is 0.479 e. The minimum atomic E-state index is -0.796. The van der Waals surface area contributed by atoms with Crippen LogP contribution >= 0.6 is 0 Å². The molecule has 1 aromatic heterocycles. The minimum absolute atomic E-state index is 0.00717. The van der Waals surface area contributed by atoms with E-state index in [1.165, 1.54) is 7.11 Å². The first-order valence-electron chi connectivity index (χ1n) is 7.13. The van der Waals surface area contributed by atoms with Gasteiger partial charge in [0.05, 0.1) is 7.11 Å². The van der Waals surface area contributed by atoms with Gasteiger partial charge in [0.2, 0.25) is 0 Å². The molecule has 0 spiro atoms. The van der Waals surface area contributed by atoms with E-state index in [0.717, 1.165) is 0 Å². The smallest absolute Gasteiger partial charge is 0.346 e. The van der Waals surface area contributed by atoms with E-state index in [1.54, 1.807) is 37.3 Å². The molecule has 1 atom stereocenters. The topological polar surface area (TPSA) is 142 Å². The van der Waals surface area contributed by atoms with E-state index in [0.29, 0.717) is 11.3 Å². The SMILES string of the molecule is COC(=O)C(C)Oc1ccc(-c2c(C#N)c(N)[nH]c(=O)c2C#N)cc1. The third-order valence-corrected chi connectivity index (χ3v) is 3.46. The van der Waals surface area contributed by atoms with Crippen molar-refractivity contribution >= 4 is 11.8 Å². The fourth-order valence-corrected chi connectivity index (χ4v) is 2.25. The molecule has 8 heteroatoms. The number of ether oxygens (including phenoxy) is 2. The molecule has 0 aliphatic heterocycles. The number of nitriles is 2. The zero-order valence-electron chi connectivity index (χ0n) is 13.5. The Morgan fingerprint density at radius 1 is 1.20 bits per heavy atom. The number of H-pyrrole nitrogens is 1. The van der Waals surface area contributed by atoms with Crippen molar-refractivity contribution in [2.75, 3.05) is 12.8 Å². The van der Waals surface area contributed by atoms with Crippen molar-refractivity contribution in [1.29, 1.82) is 10.5 Å². The molecule has 0 bridgehead atoms. The monoisotopic (exact) mass is 338 g/mol. The number of methoxy groups -OCH3 is 1. The fraction of sp³-hybridized carbons (Fsp3) is 0.176. The fourth-order valence-electron chi connectivity index (χ4n) is 2.25. The number of carbonyl (C=O) groups is 1. The standard InChI is InChI=1S/C17H14N4O4/c1-9(17(23)24-2)25-11-5-3-10(4-6-11)14-12(7-18)15(20)21-16(22)13(14)8-19/h3-6,9H,1-2H3,(H3,20,21,22). The second-order valence-corrected chi connectivity index (χ2v) is 5.02. The number of nitrogens with zero attached hydrogens (tertiary/aromatic N) is 2. The maximum absolute atomic E-state index is 11.9. The molecular formula is C17H14N4O4. The zero-order chi connectivity index (χ0) is 18.6. The number of nitrogens with one attached hydrogen (secondary N) is 1. The Morgan fingerprint density at radius 3 is 2.32 bits per heavy atom. The Kier molecular flexibility index (Phi) is 5.06. The molecule has 2 rings (SSSR count). The summed E-state index contributed by atoms with van der Waals surface area (Å²) in [6.07, 6.45) is -0.796.